The molecule has 2 rings (SSSR count). The van der Waals surface area contributed by atoms with E-state index in [0.29, 0.717) is 24.5 Å². The van der Waals surface area contributed by atoms with Gasteiger partial charge in [0.2, 0.25) is 5.91 Å². The Labute approximate surface area is 111 Å². The van der Waals surface area contributed by atoms with Crippen LogP contribution in [0, 0.1) is 6.92 Å². The van der Waals surface area contributed by atoms with E-state index < -0.39 is 5.54 Å². The van der Waals surface area contributed by atoms with E-state index in [1.54, 1.807) is 32.7 Å². The summed E-state index contributed by atoms with van der Waals surface area (Å²) in [6.45, 7) is 6.20. The van der Waals surface area contributed by atoms with E-state index in [4.69, 9.17) is 5.73 Å². The molecule has 19 heavy (non-hydrogen) atoms. The van der Waals surface area contributed by atoms with Crippen LogP contribution in [0.5, 0.6) is 0 Å². The van der Waals surface area contributed by atoms with Crippen LogP contribution in [-0.4, -0.2) is 57.5 Å². The summed E-state index contributed by atoms with van der Waals surface area (Å²) in [6.07, 6.45) is 0. The Balaban J connectivity index is 2.34. The van der Waals surface area contributed by atoms with Gasteiger partial charge in [-0.25, -0.2) is 0 Å². The number of aromatic nitrogens is 2. The minimum atomic E-state index is -0.886. The number of piperazine rings is 1. The van der Waals surface area contributed by atoms with E-state index in [1.165, 1.54) is 4.90 Å². The van der Waals surface area contributed by atoms with Gasteiger partial charge in [0, 0.05) is 20.1 Å². The van der Waals surface area contributed by atoms with Crippen molar-refractivity contribution in [1.29, 1.82) is 0 Å². The molecule has 0 unspecified atom stereocenters. The number of H-pyrrole nitrogens is 1. The third-order valence-corrected chi connectivity index (χ3v) is 3.65. The molecule has 3 N–H and O–H groups in total. The van der Waals surface area contributed by atoms with E-state index in [1.807, 2.05) is 0 Å². The van der Waals surface area contributed by atoms with Gasteiger partial charge in [-0.15, -0.1) is 0 Å². The fourth-order valence-corrected chi connectivity index (χ4v) is 2.30. The van der Waals surface area contributed by atoms with Gasteiger partial charge < -0.3 is 15.5 Å². The van der Waals surface area contributed by atoms with Crippen LogP contribution in [0.2, 0.25) is 0 Å². The Kier molecular flexibility index (Phi) is 3.00. The smallest absolute Gasteiger partial charge is 0.277 e. The zero-order chi connectivity index (χ0) is 14.4. The van der Waals surface area contributed by atoms with Gasteiger partial charge in [0.1, 0.15) is 5.54 Å². The van der Waals surface area contributed by atoms with E-state index in [-0.39, 0.29) is 17.5 Å². The van der Waals surface area contributed by atoms with Crippen molar-refractivity contribution in [3.05, 3.63) is 11.4 Å². The van der Waals surface area contributed by atoms with Gasteiger partial charge in [0.25, 0.3) is 5.91 Å². The zero-order valence-corrected chi connectivity index (χ0v) is 11.6. The van der Waals surface area contributed by atoms with Gasteiger partial charge in [-0.1, -0.05) is 0 Å². The molecule has 1 aromatic rings. The number of nitrogens with one attached hydrogen (secondary N) is 1. The number of amides is 2. The van der Waals surface area contributed by atoms with E-state index in [9.17, 15) is 9.59 Å². The van der Waals surface area contributed by atoms with Crippen LogP contribution >= 0.6 is 0 Å². The number of hydrogen-bond acceptors (Lipinski definition) is 4. The Morgan fingerprint density at radius 3 is 2.58 bits per heavy atom. The van der Waals surface area contributed by atoms with Gasteiger partial charge in [-0.3, -0.25) is 14.7 Å². The molecule has 1 aliphatic heterocycles. The first kappa shape index (κ1) is 13.4. The van der Waals surface area contributed by atoms with Crippen LogP contribution in [0.3, 0.4) is 0 Å². The topological polar surface area (TPSA) is 95.3 Å². The predicted molar refractivity (Wildman–Crippen MR) is 70.5 cm³/mol. The number of hydrogen-bond donors (Lipinski definition) is 2. The molecule has 7 heteroatoms. The lowest BCUT2D eigenvalue weighted by Crippen LogP contribution is -2.63. The second kappa shape index (κ2) is 4.25. The molecular weight excluding hydrogens is 246 g/mol. The highest BCUT2D eigenvalue weighted by molar-refractivity contribution is 6.01. The van der Waals surface area contributed by atoms with Crippen molar-refractivity contribution in [2.24, 2.45) is 0 Å². The molecule has 1 aromatic heterocycles. The first-order chi connectivity index (χ1) is 8.76. The summed E-state index contributed by atoms with van der Waals surface area (Å²) < 4.78 is 0. The average molecular weight is 265 g/mol. The molecule has 1 aliphatic rings. The minimum Gasteiger partial charge on any atom is -0.395 e. The second-order valence-electron chi connectivity index (χ2n) is 5.35. The molecule has 0 bridgehead atoms. The summed E-state index contributed by atoms with van der Waals surface area (Å²) in [5, 5.41) is 6.62. The number of aromatic amines is 1. The molecule has 0 aliphatic carbocycles. The molecule has 0 radical (unpaired) electrons. The Morgan fingerprint density at radius 1 is 1.42 bits per heavy atom. The molecule has 104 valence electrons. The number of likely N-dealkylation sites (N-methyl/N-ethyl adjacent to an activating group) is 1. The van der Waals surface area contributed by atoms with E-state index in [0.717, 1.165) is 0 Å². The maximum absolute atomic E-state index is 12.5. The number of rotatable bonds is 1. The zero-order valence-electron chi connectivity index (χ0n) is 11.6. The summed E-state index contributed by atoms with van der Waals surface area (Å²) >= 11 is 0. The molecule has 0 spiro atoms. The molecule has 1 fully saturated rings. The number of nitrogens with two attached hydrogens (primary N) is 1. The second-order valence-corrected chi connectivity index (χ2v) is 5.35. The molecule has 2 heterocycles. The van der Waals surface area contributed by atoms with Crippen LogP contribution in [-0.2, 0) is 4.79 Å². The molecule has 0 saturated carbocycles. The average Bonchev–Trinajstić information content (AvgIpc) is 2.67. The quantitative estimate of drug-likeness (QED) is 0.746. The molecule has 0 aromatic carbocycles. The molecule has 1 saturated heterocycles. The van der Waals surface area contributed by atoms with Gasteiger partial charge in [-0.05, 0) is 20.8 Å². The maximum atomic E-state index is 12.5. The molecule has 2 amide bonds. The van der Waals surface area contributed by atoms with Crippen LogP contribution in [0.15, 0.2) is 0 Å². The largest absolute Gasteiger partial charge is 0.395 e. The maximum Gasteiger partial charge on any atom is 0.277 e. The van der Waals surface area contributed by atoms with Crippen molar-refractivity contribution < 1.29 is 9.59 Å². The number of aryl methyl sites for hydroxylation is 1. The summed E-state index contributed by atoms with van der Waals surface area (Å²) in [5.74, 6) is -0.397. The summed E-state index contributed by atoms with van der Waals surface area (Å²) in [6, 6.07) is 0. The number of carbonyl (C=O) groups excluding carboxylic acids is 2. The molecular formula is C12H19N5O2. The van der Waals surface area contributed by atoms with Crippen LogP contribution in [0.1, 0.15) is 30.0 Å². The van der Waals surface area contributed by atoms with Crippen LogP contribution < -0.4 is 5.73 Å². The minimum absolute atomic E-state index is 0.0853. The third-order valence-electron chi connectivity index (χ3n) is 3.65. The van der Waals surface area contributed by atoms with Gasteiger partial charge in [0.15, 0.2) is 5.69 Å². The fraction of sp³-hybridized carbons (Fsp3) is 0.583. The van der Waals surface area contributed by atoms with Gasteiger partial charge in [0.05, 0.1) is 11.4 Å². The standard InChI is InChI=1S/C12H19N5O2/c1-7-8(13)9(15-14-7)10(18)17-6-5-16(4)11(19)12(17,2)3/h5-6,13H2,1-4H3,(H,14,15). The Morgan fingerprint density at radius 2 is 2.05 bits per heavy atom. The highest BCUT2D eigenvalue weighted by Gasteiger charge is 2.44. The predicted octanol–water partition coefficient (Wildman–Crippen LogP) is -0.00688. The van der Waals surface area contributed by atoms with Crippen molar-refractivity contribution in [1.82, 2.24) is 20.0 Å². The van der Waals surface area contributed by atoms with Gasteiger partial charge >= 0.3 is 0 Å². The van der Waals surface area contributed by atoms with Crippen molar-refractivity contribution >= 4 is 17.5 Å². The van der Waals surface area contributed by atoms with Crippen LogP contribution in [0.4, 0.5) is 5.69 Å². The monoisotopic (exact) mass is 265 g/mol. The van der Waals surface area contributed by atoms with E-state index >= 15 is 0 Å². The van der Waals surface area contributed by atoms with Crippen molar-refractivity contribution in [2.75, 3.05) is 25.9 Å². The lowest BCUT2D eigenvalue weighted by Gasteiger charge is -2.44. The first-order valence-electron chi connectivity index (χ1n) is 6.14. The summed E-state index contributed by atoms with van der Waals surface area (Å²) in [4.78, 5) is 27.8. The number of anilines is 1. The van der Waals surface area contributed by atoms with E-state index in [2.05, 4.69) is 10.2 Å². The lowest BCUT2D eigenvalue weighted by atomic mass is 9.97. The highest BCUT2D eigenvalue weighted by Crippen LogP contribution is 2.25. The third kappa shape index (κ3) is 1.94. The number of nitrogens with zero attached hydrogens (tertiary/aromatic N) is 3. The first-order valence-corrected chi connectivity index (χ1v) is 6.14. The highest BCUT2D eigenvalue weighted by atomic mass is 16.2. The summed E-state index contributed by atoms with van der Waals surface area (Å²) in [5.41, 5.74) is 6.12. The van der Waals surface area contributed by atoms with Crippen molar-refractivity contribution in [3.63, 3.8) is 0 Å². The number of carbonyl (C=O) groups is 2. The van der Waals surface area contributed by atoms with Gasteiger partial charge in [-0.2, -0.15) is 5.10 Å². The summed E-state index contributed by atoms with van der Waals surface area (Å²) in [7, 11) is 1.74. The Bertz CT molecular complexity index is 534. The lowest BCUT2D eigenvalue weighted by molar-refractivity contribution is -0.144. The van der Waals surface area contributed by atoms with Crippen LogP contribution in [0.25, 0.3) is 0 Å². The number of nitrogen functional groups attached to an aromatic ring is 1. The molecule has 0 atom stereocenters. The Hall–Kier alpha value is -2.05. The molecule has 7 nitrogen and oxygen atoms in total. The normalized spacial score (nSPS) is 18.8. The SMILES string of the molecule is Cc1[nH]nc(C(=O)N2CCN(C)C(=O)C2(C)C)c1N. The fourth-order valence-electron chi connectivity index (χ4n) is 2.30. The van der Waals surface area contributed by atoms with Crippen molar-refractivity contribution in [2.45, 2.75) is 26.3 Å². The van der Waals surface area contributed by atoms with Crippen molar-refractivity contribution in [3.8, 4) is 0 Å².